The van der Waals surface area contributed by atoms with Crippen LogP contribution in [0.3, 0.4) is 0 Å². The topological polar surface area (TPSA) is 73.6 Å². The first-order chi connectivity index (χ1) is 12.3. The summed E-state index contributed by atoms with van der Waals surface area (Å²) in [6, 6.07) is 9.29. The van der Waals surface area contributed by atoms with Crippen molar-refractivity contribution in [2.45, 2.75) is 62.6 Å². The Bertz CT molecular complexity index is 819. The lowest BCUT2D eigenvalue weighted by Crippen LogP contribution is -2.62. The Labute approximate surface area is 154 Å². The molecule has 4 nitrogen and oxygen atoms in total. The van der Waals surface area contributed by atoms with Crippen LogP contribution < -0.4 is 0 Å². The molecule has 2 aliphatic carbocycles. The number of aromatic nitrogens is 1. The van der Waals surface area contributed by atoms with E-state index in [-0.39, 0.29) is 11.3 Å². The number of hydrogen-bond donors (Lipinski definition) is 3. The van der Waals surface area contributed by atoms with Gasteiger partial charge in [-0.1, -0.05) is 19.1 Å². The number of phenols is 1. The average molecular weight is 353 g/mol. The van der Waals surface area contributed by atoms with Gasteiger partial charge < -0.3 is 15.3 Å². The first kappa shape index (κ1) is 17.5. The second-order valence-corrected chi connectivity index (χ2v) is 8.34. The van der Waals surface area contributed by atoms with Crippen molar-refractivity contribution < 1.29 is 15.3 Å². The second kappa shape index (κ2) is 5.80. The molecule has 4 heteroatoms. The molecule has 2 aliphatic rings. The van der Waals surface area contributed by atoms with Gasteiger partial charge in [0, 0.05) is 23.4 Å². The van der Waals surface area contributed by atoms with Gasteiger partial charge in [0.05, 0.1) is 5.60 Å². The van der Waals surface area contributed by atoms with E-state index in [0.717, 1.165) is 19.3 Å². The van der Waals surface area contributed by atoms with E-state index >= 15 is 0 Å². The number of rotatable bonds is 2. The maximum Gasteiger partial charge on any atom is 0.120 e. The summed E-state index contributed by atoms with van der Waals surface area (Å²) in [4.78, 5) is 4.16. The number of aromatic hydroxyl groups is 1. The largest absolute Gasteiger partial charge is 0.508 e. The van der Waals surface area contributed by atoms with Crippen molar-refractivity contribution in [2.24, 2.45) is 5.92 Å². The fourth-order valence-corrected chi connectivity index (χ4v) is 5.61. The fraction of sp³-hybridized carbons (Fsp3) is 0.500. The van der Waals surface area contributed by atoms with Crippen molar-refractivity contribution in [3.8, 4) is 5.75 Å². The summed E-state index contributed by atoms with van der Waals surface area (Å²) in [7, 11) is 0. The predicted octanol–water partition coefficient (Wildman–Crippen LogP) is 3.43. The highest BCUT2D eigenvalue weighted by atomic mass is 16.4. The van der Waals surface area contributed by atoms with Crippen molar-refractivity contribution in [1.82, 2.24) is 4.98 Å². The third-order valence-electron chi connectivity index (χ3n) is 7.03. The highest BCUT2D eigenvalue weighted by molar-refractivity contribution is 5.44. The molecule has 0 saturated heterocycles. The van der Waals surface area contributed by atoms with Gasteiger partial charge in [-0.2, -0.15) is 0 Å². The SMILES string of the molecule is CC[C@@]12CC(C)(O)C(O)(c3cccnc3)C[C@H]1CCc1cc(O)ccc12. The molecule has 4 atom stereocenters. The van der Waals surface area contributed by atoms with Crippen molar-refractivity contribution in [3.05, 3.63) is 59.4 Å². The zero-order valence-electron chi connectivity index (χ0n) is 15.4. The average Bonchev–Trinajstić information content (AvgIpc) is 2.63. The third-order valence-corrected chi connectivity index (χ3v) is 7.03. The molecule has 2 aromatic rings. The Morgan fingerprint density at radius 2 is 2.04 bits per heavy atom. The summed E-state index contributed by atoms with van der Waals surface area (Å²) in [6.45, 7) is 3.92. The standard InChI is InChI=1S/C22H27NO3/c1-3-21-14-20(2,25)22(26,17-5-4-10-23-13-17)12-16(21)7-6-15-11-18(24)8-9-19(15)21/h4-5,8-11,13,16,24-26H,3,6-7,12,14H2,1-2H3/t16-,20?,21-,22?/m1/s1. The van der Waals surface area contributed by atoms with E-state index in [1.165, 1.54) is 11.1 Å². The number of phenolic OH excluding ortho intramolecular Hbond substituents is 1. The lowest BCUT2D eigenvalue weighted by molar-refractivity contribution is -0.205. The molecule has 3 N–H and O–H groups in total. The van der Waals surface area contributed by atoms with Crippen LogP contribution in [0.4, 0.5) is 0 Å². The van der Waals surface area contributed by atoms with E-state index in [1.807, 2.05) is 24.3 Å². The molecule has 0 radical (unpaired) electrons. The van der Waals surface area contributed by atoms with Gasteiger partial charge in [-0.3, -0.25) is 4.98 Å². The lowest BCUT2D eigenvalue weighted by atomic mass is 9.49. The molecule has 0 bridgehead atoms. The monoisotopic (exact) mass is 353 g/mol. The van der Waals surface area contributed by atoms with E-state index in [1.54, 1.807) is 25.4 Å². The molecule has 4 rings (SSSR count). The smallest absolute Gasteiger partial charge is 0.120 e. The third kappa shape index (κ3) is 2.32. The second-order valence-electron chi connectivity index (χ2n) is 8.34. The molecule has 1 heterocycles. The molecule has 26 heavy (non-hydrogen) atoms. The van der Waals surface area contributed by atoms with Crippen LogP contribution in [-0.4, -0.2) is 25.9 Å². The van der Waals surface area contributed by atoms with Gasteiger partial charge in [-0.05, 0) is 74.3 Å². The molecule has 0 amide bonds. The molecule has 138 valence electrons. The predicted molar refractivity (Wildman–Crippen MR) is 99.9 cm³/mol. The first-order valence-electron chi connectivity index (χ1n) is 9.50. The molecule has 0 spiro atoms. The Kier molecular flexibility index (Phi) is 3.90. The summed E-state index contributed by atoms with van der Waals surface area (Å²) in [5.41, 5.74) is 0.326. The Balaban J connectivity index is 1.83. The zero-order chi connectivity index (χ0) is 18.6. The molecular weight excluding hydrogens is 326 g/mol. The fourth-order valence-electron chi connectivity index (χ4n) is 5.61. The van der Waals surface area contributed by atoms with E-state index in [9.17, 15) is 15.3 Å². The van der Waals surface area contributed by atoms with Crippen LogP contribution >= 0.6 is 0 Å². The van der Waals surface area contributed by atoms with Crippen LogP contribution in [0.5, 0.6) is 5.75 Å². The first-order valence-corrected chi connectivity index (χ1v) is 9.50. The van der Waals surface area contributed by atoms with Crippen LogP contribution in [0.15, 0.2) is 42.7 Å². The normalized spacial score (nSPS) is 36.2. The maximum absolute atomic E-state index is 11.6. The van der Waals surface area contributed by atoms with Gasteiger partial charge in [-0.15, -0.1) is 0 Å². The van der Waals surface area contributed by atoms with Gasteiger partial charge >= 0.3 is 0 Å². The van der Waals surface area contributed by atoms with Crippen molar-refractivity contribution in [2.75, 3.05) is 0 Å². The number of hydrogen-bond acceptors (Lipinski definition) is 4. The van der Waals surface area contributed by atoms with E-state index < -0.39 is 11.2 Å². The number of benzene rings is 1. The minimum absolute atomic E-state index is 0.181. The summed E-state index contributed by atoms with van der Waals surface area (Å²) in [5.74, 6) is 0.567. The van der Waals surface area contributed by atoms with Gasteiger partial charge in [0.25, 0.3) is 0 Å². The molecule has 1 fully saturated rings. The highest BCUT2D eigenvalue weighted by Crippen LogP contribution is 2.60. The van der Waals surface area contributed by atoms with Crippen molar-refractivity contribution in [3.63, 3.8) is 0 Å². The number of aliphatic hydroxyl groups is 2. The van der Waals surface area contributed by atoms with Crippen LogP contribution in [0.2, 0.25) is 0 Å². The van der Waals surface area contributed by atoms with Crippen molar-refractivity contribution in [1.29, 1.82) is 0 Å². The van der Waals surface area contributed by atoms with Gasteiger partial charge in [0.2, 0.25) is 0 Å². The highest BCUT2D eigenvalue weighted by Gasteiger charge is 2.60. The van der Waals surface area contributed by atoms with Crippen LogP contribution in [-0.2, 0) is 17.4 Å². The molecule has 2 unspecified atom stereocenters. The molecular formula is C22H27NO3. The van der Waals surface area contributed by atoms with Gasteiger partial charge in [0.15, 0.2) is 0 Å². The Hall–Kier alpha value is -1.91. The van der Waals surface area contributed by atoms with Crippen LogP contribution in [0.1, 0.15) is 56.2 Å². The number of aryl methyl sites for hydroxylation is 1. The van der Waals surface area contributed by atoms with E-state index in [4.69, 9.17) is 0 Å². The molecule has 1 aromatic heterocycles. The molecule has 1 aromatic carbocycles. The molecule has 1 saturated carbocycles. The van der Waals surface area contributed by atoms with E-state index in [0.29, 0.717) is 24.2 Å². The minimum atomic E-state index is -1.31. The Morgan fingerprint density at radius 3 is 2.73 bits per heavy atom. The number of fused-ring (bicyclic) bond motifs is 3. The summed E-state index contributed by atoms with van der Waals surface area (Å²) >= 11 is 0. The van der Waals surface area contributed by atoms with Crippen LogP contribution in [0.25, 0.3) is 0 Å². The Morgan fingerprint density at radius 1 is 1.23 bits per heavy atom. The van der Waals surface area contributed by atoms with Crippen molar-refractivity contribution >= 4 is 0 Å². The zero-order valence-corrected chi connectivity index (χ0v) is 15.4. The summed E-state index contributed by atoms with van der Waals surface area (Å²) < 4.78 is 0. The van der Waals surface area contributed by atoms with Gasteiger partial charge in [-0.25, -0.2) is 0 Å². The lowest BCUT2D eigenvalue weighted by Gasteiger charge is -2.59. The molecule has 0 aliphatic heterocycles. The van der Waals surface area contributed by atoms with Gasteiger partial charge in [0.1, 0.15) is 11.4 Å². The van der Waals surface area contributed by atoms with Crippen LogP contribution in [0, 0.1) is 5.92 Å². The minimum Gasteiger partial charge on any atom is -0.508 e. The summed E-state index contributed by atoms with van der Waals surface area (Å²) in [6.07, 6.45) is 7.09. The summed E-state index contributed by atoms with van der Waals surface area (Å²) in [5, 5.41) is 32.9. The number of nitrogens with zero attached hydrogens (tertiary/aromatic N) is 1. The maximum atomic E-state index is 11.6. The van der Waals surface area contributed by atoms with E-state index in [2.05, 4.69) is 11.9 Å². The quantitative estimate of drug-likeness (QED) is 0.773. The number of pyridine rings is 1.